The van der Waals surface area contributed by atoms with Crippen LogP contribution in [0.5, 0.6) is 0 Å². The van der Waals surface area contributed by atoms with E-state index in [0.717, 1.165) is 5.56 Å². The zero-order valence-corrected chi connectivity index (χ0v) is 13.1. The van der Waals surface area contributed by atoms with E-state index in [4.69, 9.17) is 0 Å². The molecule has 2 aromatic carbocycles. The Labute approximate surface area is 138 Å². The van der Waals surface area contributed by atoms with Gasteiger partial charge in [0.1, 0.15) is 0 Å². The maximum Gasteiger partial charge on any atom is 0.271 e. The van der Waals surface area contributed by atoms with Crippen molar-refractivity contribution in [2.75, 3.05) is 5.32 Å². The minimum atomic E-state index is -0.528. The summed E-state index contributed by atoms with van der Waals surface area (Å²) in [4.78, 5) is 33.8. The minimum Gasteiger partial charge on any atom is -0.349 e. The lowest BCUT2D eigenvalue weighted by Crippen LogP contribution is -2.29. The van der Waals surface area contributed by atoms with E-state index in [0.29, 0.717) is 5.69 Å². The number of nitrogens with one attached hydrogen (secondary N) is 2. The van der Waals surface area contributed by atoms with E-state index in [1.165, 1.54) is 25.1 Å². The van der Waals surface area contributed by atoms with Gasteiger partial charge < -0.3 is 10.6 Å². The van der Waals surface area contributed by atoms with E-state index in [9.17, 15) is 19.7 Å². The molecule has 1 atom stereocenters. The zero-order chi connectivity index (χ0) is 17.5. The van der Waals surface area contributed by atoms with Crippen LogP contribution >= 0.6 is 0 Å². The second-order valence-corrected chi connectivity index (χ2v) is 5.22. The maximum absolute atomic E-state index is 12.2. The van der Waals surface area contributed by atoms with Crippen LogP contribution in [0.4, 0.5) is 11.4 Å². The molecule has 0 heterocycles. The molecule has 0 spiro atoms. The van der Waals surface area contributed by atoms with Gasteiger partial charge in [-0.2, -0.15) is 0 Å². The molecular formula is C17H17N3O4. The van der Waals surface area contributed by atoms with Gasteiger partial charge in [-0.15, -0.1) is 0 Å². The van der Waals surface area contributed by atoms with Gasteiger partial charge in [-0.05, 0) is 11.6 Å². The number of hydrogen-bond acceptors (Lipinski definition) is 4. The van der Waals surface area contributed by atoms with Gasteiger partial charge in [0.05, 0.1) is 17.4 Å². The maximum atomic E-state index is 12.2. The lowest BCUT2D eigenvalue weighted by Gasteiger charge is -2.18. The van der Waals surface area contributed by atoms with Crippen molar-refractivity contribution in [1.29, 1.82) is 0 Å². The third-order valence-electron chi connectivity index (χ3n) is 3.31. The molecule has 0 aliphatic rings. The van der Waals surface area contributed by atoms with Crippen molar-refractivity contribution in [2.45, 2.75) is 19.4 Å². The molecular weight excluding hydrogens is 310 g/mol. The second-order valence-electron chi connectivity index (χ2n) is 5.22. The average Bonchev–Trinajstić information content (AvgIpc) is 2.55. The highest BCUT2D eigenvalue weighted by atomic mass is 16.6. The standard InChI is InChI=1S/C17H17N3O4/c1-12(21)18-16(13-6-3-2-4-7-13)11-17(22)19-14-8-5-9-15(10-14)20(23)24/h2-10,16H,11H2,1H3,(H,18,21)(H,19,22)/t16-/m0/s1. The number of amides is 2. The lowest BCUT2D eigenvalue weighted by molar-refractivity contribution is -0.384. The van der Waals surface area contributed by atoms with Crippen molar-refractivity contribution >= 4 is 23.2 Å². The van der Waals surface area contributed by atoms with Crippen LogP contribution in [0.1, 0.15) is 24.9 Å². The van der Waals surface area contributed by atoms with Crippen molar-refractivity contribution in [3.8, 4) is 0 Å². The third kappa shape index (κ3) is 4.91. The first-order valence-corrected chi connectivity index (χ1v) is 7.32. The predicted octanol–water partition coefficient (Wildman–Crippen LogP) is 2.80. The Morgan fingerprint density at radius 2 is 1.83 bits per heavy atom. The predicted molar refractivity (Wildman–Crippen MR) is 89.3 cm³/mol. The average molecular weight is 327 g/mol. The van der Waals surface area contributed by atoms with Crippen LogP contribution in [0.3, 0.4) is 0 Å². The first-order chi connectivity index (χ1) is 11.5. The molecule has 0 aromatic heterocycles. The fourth-order valence-corrected chi connectivity index (χ4v) is 2.28. The first kappa shape index (κ1) is 17.1. The summed E-state index contributed by atoms with van der Waals surface area (Å²) < 4.78 is 0. The third-order valence-corrected chi connectivity index (χ3v) is 3.31. The number of carbonyl (C=O) groups excluding carboxylic acids is 2. The van der Waals surface area contributed by atoms with Gasteiger partial charge in [-0.3, -0.25) is 19.7 Å². The summed E-state index contributed by atoms with van der Waals surface area (Å²) in [5, 5.41) is 16.1. The number of non-ortho nitro benzene ring substituents is 1. The summed E-state index contributed by atoms with van der Waals surface area (Å²) >= 11 is 0. The largest absolute Gasteiger partial charge is 0.349 e. The van der Waals surface area contributed by atoms with Gasteiger partial charge in [0.2, 0.25) is 11.8 Å². The summed E-state index contributed by atoms with van der Waals surface area (Å²) in [6.07, 6.45) is 0.0201. The van der Waals surface area contributed by atoms with Crippen LogP contribution in [-0.2, 0) is 9.59 Å². The number of carbonyl (C=O) groups is 2. The van der Waals surface area contributed by atoms with Crippen LogP contribution in [-0.4, -0.2) is 16.7 Å². The van der Waals surface area contributed by atoms with E-state index in [-0.39, 0.29) is 23.9 Å². The van der Waals surface area contributed by atoms with Gasteiger partial charge in [-0.25, -0.2) is 0 Å². The number of nitrogens with zero attached hydrogens (tertiary/aromatic N) is 1. The molecule has 7 nitrogen and oxygen atoms in total. The van der Waals surface area contributed by atoms with E-state index in [1.54, 1.807) is 6.07 Å². The van der Waals surface area contributed by atoms with Gasteiger partial charge in [0.25, 0.3) is 5.69 Å². The van der Waals surface area contributed by atoms with Crippen molar-refractivity contribution < 1.29 is 14.5 Å². The number of hydrogen-bond donors (Lipinski definition) is 2. The molecule has 2 N–H and O–H groups in total. The van der Waals surface area contributed by atoms with Crippen LogP contribution in [0.15, 0.2) is 54.6 Å². The topological polar surface area (TPSA) is 101 Å². The molecule has 0 fully saturated rings. The van der Waals surface area contributed by atoms with E-state index < -0.39 is 11.0 Å². The Morgan fingerprint density at radius 1 is 1.12 bits per heavy atom. The number of nitro benzene ring substituents is 1. The summed E-state index contributed by atoms with van der Waals surface area (Å²) in [6.45, 7) is 1.38. The van der Waals surface area contributed by atoms with Crippen molar-refractivity contribution in [3.05, 3.63) is 70.3 Å². The molecule has 2 aromatic rings. The fraction of sp³-hybridized carbons (Fsp3) is 0.176. The molecule has 0 saturated heterocycles. The Kier molecular flexibility index (Phi) is 5.62. The molecule has 124 valence electrons. The van der Waals surface area contributed by atoms with Gasteiger partial charge in [0, 0.05) is 24.7 Å². The lowest BCUT2D eigenvalue weighted by atomic mass is 10.0. The Bertz CT molecular complexity index is 747. The monoisotopic (exact) mass is 327 g/mol. The first-order valence-electron chi connectivity index (χ1n) is 7.32. The van der Waals surface area contributed by atoms with Crippen molar-refractivity contribution in [3.63, 3.8) is 0 Å². The van der Waals surface area contributed by atoms with E-state index >= 15 is 0 Å². The highest BCUT2D eigenvalue weighted by Crippen LogP contribution is 2.20. The number of nitro groups is 1. The summed E-state index contributed by atoms with van der Waals surface area (Å²) in [7, 11) is 0. The number of benzene rings is 2. The smallest absolute Gasteiger partial charge is 0.271 e. The molecule has 7 heteroatoms. The Hall–Kier alpha value is -3.22. The molecule has 0 bridgehead atoms. The molecule has 0 saturated carbocycles. The SMILES string of the molecule is CC(=O)N[C@@H](CC(=O)Nc1cccc([N+](=O)[O-])c1)c1ccccc1. The highest BCUT2D eigenvalue weighted by molar-refractivity contribution is 5.91. The van der Waals surface area contributed by atoms with Crippen LogP contribution < -0.4 is 10.6 Å². The van der Waals surface area contributed by atoms with Gasteiger partial charge in [-0.1, -0.05) is 36.4 Å². The zero-order valence-electron chi connectivity index (χ0n) is 13.1. The molecule has 0 radical (unpaired) electrons. The highest BCUT2D eigenvalue weighted by Gasteiger charge is 2.17. The van der Waals surface area contributed by atoms with Crippen molar-refractivity contribution in [1.82, 2.24) is 5.32 Å². The summed E-state index contributed by atoms with van der Waals surface area (Å²) in [6, 6.07) is 14.4. The van der Waals surface area contributed by atoms with E-state index in [2.05, 4.69) is 10.6 Å². The quantitative estimate of drug-likeness (QED) is 0.629. The molecule has 2 amide bonds. The minimum absolute atomic E-state index is 0.0201. The van der Waals surface area contributed by atoms with Gasteiger partial charge >= 0.3 is 0 Å². The number of anilines is 1. The van der Waals surface area contributed by atoms with Crippen LogP contribution in [0.25, 0.3) is 0 Å². The molecule has 0 unspecified atom stereocenters. The van der Waals surface area contributed by atoms with Crippen LogP contribution in [0.2, 0.25) is 0 Å². The normalized spacial score (nSPS) is 11.4. The number of rotatable bonds is 6. The van der Waals surface area contributed by atoms with Crippen molar-refractivity contribution in [2.24, 2.45) is 0 Å². The summed E-state index contributed by atoms with van der Waals surface area (Å²) in [5.74, 6) is -0.592. The Morgan fingerprint density at radius 3 is 2.46 bits per heavy atom. The molecule has 2 rings (SSSR count). The van der Waals surface area contributed by atoms with Crippen LogP contribution in [0, 0.1) is 10.1 Å². The second kappa shape index (κ2) is 7.87. The Balaban J connectivity index is 2.09. The van der Waals surface area contributed by atoms with Gasteiger partial charge in [0.15, 0.2) is 0 Å². The molecule has 0 aliphatic carbocycles. The molecule has 0 aliphatic heterocycles. The molecule has 24 heavy (non-hydrogen) atoms. The van der Waals surface area contributed by atoms with E-state index in [1.807, 2.05) is 30.3 Å². The summed E-state index contributed by atoms with van der Waals surface area (Å²) in [5.41, 5.74) is 1.04. The fourth-order valence-electron chi connectivity index (χ4n) is 2.28.